The topological polar surface area (TPSA) is 109 Å². The van der Waals surface area contributed by atoms with Crippen LogP contribution in [0.1, 0.15) is 27.0 Å². The summed E-state index contributed by atoms with van der Waals surface area (Å²) in [4.78, 5) is 25.5. The van der Waals surface area contributed by atoms with Gasteiger partial charge >= 0.3 is 13.3 Å². The molecule has 0 radical (unpaired) electrons. The van der Waals surface area contributed by atoms with Gasteiger partial charge in [-0.3, -0.25) is 18.9 Å². The molecule has 1 aromatic rings. The first-order valence-corrected chi connectivity index (χ1v) is 10.0. The van der Waals surface area contributed by atoms with Crippen LogP contribution in [0.4, 0.5) is 0 Å². The molecule has 1 aliphatic rings. The number of hydrogen-bond donors (Lipinski definition) is 1. The first kappa shape index (κ1) is 20.8. The molecule has 1 saturated heterocycles. The molecule has 0 amide bonds. The summed E-state index contributed by atoms with van der Waals surface area (Å²) >= 11 is 0. The van der Waals surface area contributed by atoms with Crippen molar-refractivity contribution in [3.63, 3.8) is 0 Å². The molecule has 2 rings (SSSR count). The minimum absolute atomic E-state index is 0.142. The number of rotatable bonds is 8. The Hall–Kier alpha value is -1.51. The van der Waals surface area contributed by atoms with E-state index in [0.29, 0.717) is 0 Å². The zero-order valence-corrected chi connectivity index (χ0v) is 16.2. The molecule has 0 aliphatic carbocycles. The molecule has 1 fully saturated rings. The molecule has 10 heteroatoms. The van der Waals surface area contributed by atoms with Gasteiger partial charge in [-0.25, -0.2) is 4.79 Å². The molecule has 1 aromatic heterocycles. The second-order valence-electron chi connectivity index (χ2n) is 5.79. The van der Waals surface area contributed by atoms with Gasteiger partial charge in [-0.15, -0.1) is 0 Å². The van der Waals surface area contributed by atoms with E-state index in [0.717, 1.165) is 0 Å². The lowest BCUT2D eigenvalue weighted by Gasteiger charge is -2.20. The summed E-state index contributed by atoms with van der Waals surface area (Å²) in [6.07, 6.45) is 1.33. The van der Waals surface area contributed by atoms with Gasteiger partial charge in [0.15, 0.2) is 6.23 Å². The van der Waals surface area contributed by atoms with Crippen LogP contribution in [0.25, 0.3) is 0 Å². The van der Waals surface area contributed by atoms with Crippen LogP contribution in [-0.2, 0) is 23.1 Å². The number of aromatic amines is 1. The summed E-state index contributed by atoms with van der Waals surface area (Å²) in [5.74, 6) is 1.24. The minimum atomic E-state index is -3.35. The van der Waals surface area contributed by atoms with Gasteiger partial charge in [-0.1, -0.05) is 6.92 Å². The van der Waals surface area contributed by atoms with E-state index in [2.05, 4.69) is 4.98 Å². The first-order chi connectivity index (χ1) is 12.3. The van der Waals surface area contributed by atoms with Gasteiger partial charge in [0.1, 0.15) is 6.10 Å². The van der Waals surface area contributed by atoms with E-state index in [9.17, 15) is 14.2 Å². The normalized spacial score (nSPS) is 26.6. The van der Waals surface area contributed by atoms with Gasteiger partial charge in [0.25, 0.3) is 5.56 Å². The molecular weight excluding hydrogens is 363 g/mol. The Labute approximate surface area is 151 Å². The van der Waals surface area contributed by atoms with Gasteiger partial charge in [-0.05, 0) is 19.9 Å². The number of nitrogens with zero attached hydrogens (tertiary/aromatic N) is 1. The quantitative estimate of drug-likeness (QED) is 0.677. The molecule has 26 heavy (non-hydrogen) atoms. The third-order valence-electron chi connectivity index (χ3n) is 4.09. The van der Waals surface area contributed by atoms with Crippen molar-refractivity contribution in [1.82, 2.24) is 9.55 Å². The van der Waals surface area contributed by atoms with E-state index in [1.165, 1.54) is 29.8 Å². The van der Waals surface area contributed by atoms with Crippen molar-refractivity contribution in [1.29, 1.82) is 0 Å². The third kappa shape index (κ3) is 4.61. The van der Waals surface area contributed by atoms with Gasteiger partial charge in [0.05, 0.1) is 19.3 Å². The smallest absolute Gasteiger partial charge is 0.353 e. The Bertz CT molecular complexity index is 777. The zero-order valence-electron chi connectivity index (χ0n) is 15.3. The number of methoxy groups -OCH3 is 1. The van der Waals surface area contributed by atoms with Crippen molar-refractivity contribution in [2.24, 2.45) is 5.92 Å². The van der Waals surface area contributed by atoms with E-state index in [1.807, 2.05) is 6.92 Å². The lowest BCUT2D eigenvalue weighted by atomic mass is 10.0. The molecule has 0 saturated carbocycles. The third-order valence-corrected chi connectivity index (χ3v) is 5.86. The van der Waals surface area contributed by atoms with E-state index in [4.69, 9.17) is 18.5 Å². The van der Waals surface area contributed by atoms with E-state index < -0.39 is 37.3 Å². The van der Waals surface area contributed by atoms with Crippen LogP contribution in [0, 0.1) is 5.92 Å². The predicted molar refractivity (Wildman–Crippen MR) is 95.2 cm³/mol. The molecule has 1 aliphatic heterocycles. The van der Waals surface area contributed by atoms with Crippen molar-refractivity contribution >= 4 is 7.60 Å². The number of ether oxygens (including phenoxy) is 2. The Kier molecular flexibility index (Phi) is 7.14. The van der Waals surface area contributed by atoms with Crippen LogP contribution in [-0.4, -0.2) is 42.1 Å². The van der Waals surface area contributed by atoms with Gasteiger partial charge in [0, 0.05) is 31.1 Å². The first-order valence-electron chi connectivity index (χ1n) is 8.43. The largest absolute Gasteiger partial charge is 0.376 e. The Balaban J connectivity index is 2.27. The average Bonchev–Trinajstić information content (AvgIpc) is 2.89. The Morgan fingerprint density at radius 1 is 1.31 bits per heavy atom. The van der Waals surface area contributed by atoms with Crippen LogP contribution >= 0.6 is 7.60 Å². The molecule has 2 heterocycles. The zero-order chi connectivity index (χ0) is 19.3. The van der Waals surface area contributed by atoms with Crippen LogP contribution in [0.3, 0.4) is 0 Å². The SMILES string of the molecule is CCOP(=O)(/C=C/[C@H]1O[C@@H](n2ccc(=O)[nH]c2=O)C(OC)[C@H]1C)OCC. The summed E-state index contributed by atoms with van der Waals surface area (Å²) in [7, 11) is -1.83. The highest BCUT2D eigenvalue weighted by Gasteiger charge is 2.43. The molecule has 146 valence electrons. The predicted octanol–water partition coefficient (Wildman–Crippen LogP) is 1.86. The molecule has 0 aromatic carbocycles. The van der Waals surface area contributed by atoms with Crippen LogP contribution in [0.5, 0.6) is 0 Å². The summed E-state index contributed by atoms with van der Waals surface area (Å²) in [6.45, 7) is 5.85. The highest BCUT2D eigenvalue weighted by Crippen LogP contribution is 2.50. The number of nitrogens with one attached hydrogen (secondary N) is 1. The second kappa shape index (κ2) is 8.92. The van der Waals surface area contributed by atoms with Crippen LogP contribution in [0.2, 0.25) is 0 Å². The highest BCUT2D eigenvalue weighted by atomic mass is 31.2. The highest BCUT2D eigenvalue weighted by molar-refractivity contribution is 7.57. The van der Waals surface area contributed by atoms with E-state index in [1.54, 1.807) is 19.9 Å². The summed E-state index contributed by atoms with van der Waals surface area (Å²) in [5, 5.41) is 0. The molecule has 9 nitrogen and oxygen atoms in total. The monoisotopic (exact) mass is 388 g/mol. The lowest BCUT2D eigenvalue weighted by Crippen LogP contribution is -2.36. The van der Waals surface area contributed by atoms with Crippen LogP contribution < -0.4 is 11.2 Å². The maximum atomic E-state index is 12.6. The van der Waals surface area contributed by atoms with E-state index in [-0.39, 0.29) is 19.1 Å². The van der Waals surface area contributed by atoms with Crippen molar-refractivity contribution in [3.05, 3.63) is 45.0 Å². The van der Waals surface area contributed by atoms with Crippen molar-refractivity contribution < 1.29 is 23.1 Å². The molecular formula is C16H25N2O7P. The molecule has 4 atom stereocenters. The molecule has 0 spiro atoms. The van der Waals surface area contributed by atoms with E-state index >= 15 is 0 Å². The average molecular weight is 388 g/mol. The van der Waals surface area contributed by atoms with Crippen molar-refractivity contribution in [2.75, 3.05) is 20.3 Å². The summed E-state index contributed by atoms with van der Waals surface area (Å²) in [6, 6.07) is 1.24. The number of aromatic nitrogens is 2. The van der Waals surface area contributed by atoms with Gasteiger partial charge < -0.3 is 18.5 Å². The number of hydrogen-bond acceptors (Lipinski definition) is 7. The number of H-pyrrole nitrogens is 1. The lowest BCUT2D eigenvalue weighted by molar-refractivity contribution is -0.0444. The van der Waals surface area contributed by atoms with Crippen LogP contribution in [0.15, 0.2) is 33.7 Å². The van der Waals surface area contributed by atoms with Crippen molar-refractivity contribution in [2.45, 2.75) is 39.2 Å². The Morgan fingerprint density at radius 3 is 2.50 bits per heavy atom. The second-order valence-corrected chi connectivity index (χ2v) is 7.68. The fourth-order valence-corrected chi connectivity index (χ4v) is 4.23. The fraction of sp³-hybridized carbons (Fsp3) is 0.625. The maximum absolute atomic E-state index is 12.6. The summed E-state index contributed by atoms with van der Waals surface area (Å²) < 4.78 is 35.7. The molecule has 1 N–H and O–H groups in total. The maximum Gasteiger partial charge on any atom is 0.353 e. The van der Waals surface area contributed by atoms with Gasteiger partial charge in [-0.2, -0.15) is 0 Å². The van der Waals surface area contributed by atoms with Crippen molar-refractivity contribution in [3.8, 4) is 0 Å². The standard InChI is InChI=1S/C16H25N2O7P/c1-5-23-26(21,24-6-2)10-8-12-11(3)14(22-4)15(25-12)18-9-7-13(19)17-16(18)20/h7-12,14-15H,5-6H2,1-4H3,(H,17,19,20)/b10-8+/t11-,12+,14?,15+/m0/s1. The minimum Gasteiger partial charge on any atom is -0.376 e. The van der Waals surface area contributed by atoms with Gasteiger partial charge in [0.2, 0.25) is 0 Å². The molecule has 1 unspecified atom stereocenters. The summed E-state index contributed by atoms with van der Waals surface area (Å²) in [5.41, 5.74) is -1.08. The molecule has 0 bridgehead atoms. The fourth-order valence-electron chi connectivity index (χ4n) is 2.89. The Morgan fingerprint density at radius 2 is 1.96 bits per heavy atom.